The standard InChI is InChI=1S/C12H15ClO/c13-11-6-4-9(5-7-11)8-10-2-1-3-12(10)14/h4-7,10,12,14H,1-3,8H2/t10-,12-/m0/s1. The molecule has 1 nitrogen and oxygen atoms in total. The lowest BCUT2D eigenvalue weighted by atomic mass is 9.96. The Hall–Kier alpha value is -0.530. The van der Waals surface area contributed by atoms with E-state index in [1.54, 1.807) is 0 Å². The third-order valence-electron chi connectivity index (χ3n) is 3.03. The van der Waals surface area contributed by atoms with E-state index < -0.39 is 0 Å². The summed E-state index contributed by atoms with van der Waals surface area (Å²) in [6.45, 7) is 0. The lowest BCUT2D eigenvalue weighted by Crippen LogP contribution is -2.15. The highest BCUT2D eigenvalue weighted by Gasteiger charge is 2.24. The van der Waals surface area contributed by atoms with E-state index in [9.17, 15) is 5.11 Å². The summed E-state index contributed by atoms with van der Waals surface area (Å²) >= 11 is 5.81. The normalized spacial score (nSPS) is 26.7. The highest BCUT2D eigenvalue weighted by Crippen LogP contribution is 2.28. The predicted octanol–water partition coefficient (Wildman–Crippen LogP) is 3.04. The zero-order valence-corrected chi connectivity index (χ0v) is 8.87. The minimum atomic E-state index is -0.0920. The van der Waals surface area contributed by atoms with Crippen LogP contribution in [0.1, 0.15) is 24.8 Å². The molecule has 76 valence electrons. The monoisotopic (exact) mass is 210 g/mol. The molecule has 0 spiro atoms. The molecule has 1 N–H and O–H groups in total. The van der Waals surface area contributed by atoms with Gasteiger partial charge in [0.2, 0.25) is 0 Å². The van der Waals surface area contributed by atoms with Gasteiger partial charge in [-0.25, -0.2) is 0 Å². The van der Waals surface area contributed by atoms with Gasteiger partial charge in [0.25, 0.3) is 0 Å². The maximum absolute atomic E-state index is 9.68. The van der Waals surface area contributed by atoms with Crippen LogP contribution in [-0.2, 0) is 6.42 Å². The van der Waals surface area contributed by atoms with Crippen molar-refractivity contribution in [1.82, 2.24) is 0 Å². The van der Waals surface area contributed by atoms with Crippen LogP contribution in [0.2, 0.25) is 5.02 Å². The van der Waals surface area contributed by atoms with Crippen LogP contribution in [0.25, 0.3) is 0 Å². The third-order valence-corrected chi connectivity index (χ3v) is 3.28. The van der Waals surface area contributed by atoms with E-state index in [0.717, 1.165) is 24.3 Å². The van der Waals surface area contributed by atoms with Crippen molar-refractivity contribution in [2.24, 2.45) is 5.92 Å². The van der Waals surface area contributed by atoms with Crippen LogP contribution in [0.15, 0.2) is 24.3 Å². The molecular formula is C12H15ClO. The second kappa shape index (κ2) is 4.33. The highest BCUT2D eigenvalue weighted by molar-refractivity contribution is 6.30. The molecule has 0 heterocycles. The molecule has 2 heteroatoms. The Balaban J connectivity index is 2.00. The predicted molar refractivity (Wildman–Crippen MR) is 58.5 cm³/mol. The molecule has 1 aromatic carbocycles. The molecular weight excluding hydrogens is 196 g/mol. The first kappa shape index (κ1) is 10.0. The average Bonchev–Trinajstić information content (AvgIpc) is 2.56. The summed E-state index contributed by atoms with van der Waals surface area (Å²) in [6, 6.07) is 7.93. The second-order valence-corrected chi connectivity index (χ2v) is 4.53. The maximum atomic E-state index is 9.68. The Morgan fingerprint density at radius 3 is 2.50 bits per heavy atom. The van der Waals surface area contributed by atoms with Gasteiger partial charge in [-0.05, 0) is 42.9 Å². The molecule has 2 rings (SSSR count). The van der Waals surface area contributed by atoms with Gasteiger partial charge in [0.1, 0.15) is 0 Å². The van der Waals surface area contributed by atoms with E-state index in [-0.39, 0.29) is 6.10 Å². The molecule has 1 aliphatic carbocycles. The van der Waals surface area contributed by atoms with Gasteiger partial charge in [-0.15, -0.1) is 0 Å². The van der Waals surface area contributed by atoms with Gasteiger partial charge in [0, 0.05) is 5.02 Å². The number of halogens is 1. The Labute approximate surface area is 89.7 Å². The molecule has 1 aromatic rings. The van der Waals surface area contributed by atoms with Crippen molar-refractivity contribution in [2.45, 2.75) is 31.8 Å². The van der Waals surface area contributed by atoms with Crippen molar-refractivity contribution in [3.63, 3.8) is 0 Å². The fourth-order valence-electron chi connectivity index (χ4n) is 2.18. The summed E-state index contributed by atoms with van der Waals surface area (Å²) in [5.74, 6) is 0.455. The van der Waals surface area contributed by atoms with Gasteiger partial charge in [0.05, 0.1) is 6.10 Å². The van der Waals surface area contributed by atoms with E-state index in [1.165, 1.54) is 12.0 Å². The van der Waals surface area contributed by atoms with Gasteiger partial charge in [-0.2, -0.15) is 0 Å². The maximum Gasteiger partial charge on any atom is 0.0571 e. The van der Waals surface area contributed by atoms with Gasteiger partial charge in [-0.3, -0.25) is 0 Å². The zero-order chi connectivity index (χ0) is 9.97. The molecule has 0 saturated heterocycles. The number of aliphatic hydroxyl groups excluding tert-OH is 1. The number of hydrogen-bond donors (Lipinski definition) is 1. The average molecular weight is 211 g/mol. The van der Waals surface area contributed by atoms with Crippen molar-refractivity contribution in [1.29, 1.82) is 0 Å². The molecule has 0 aromatic heterocycles. The van der Waals surface area contributed by atoms with Crippen molar-refractivity contribution < 1.29 is 5.11 Å². The van der Waals surface area contributed by atoms with Gasteiger partial charge in [-0.1, -0.05) is 30.2 Å². The third kappa shape index (κ3) is 2.28. The summed E-state index contributed by atoms with van der Waals surface area (Å²) in [6.07, 6.45) is 4.19. The summed E-state index contributed by atoms with van der Waals surface area (Å²) in [4.78, 5) is 0. The van der Waals surface area contributed by atoms with Crippen LogP contribution >= 0.6 is 11.6 Å². The van der Waals surface area contributed by atoms with Crippen molar-refractivity contribution >= 4 is 11.6 Å². The first-order valence-corrected chi connectivity index (χ1v) is 5.56. The second-order valence-electron chi connectivity index (χ2n) is 4.09. The van der Waals surface area contributed by atoms with Crippen LogP contribution in [0.4, 0.5) is 0 Å². The Morgan fingerprint density at radius 2 is 1.93 bits per heavy atom. The van der Waals surface area contributed by atoms with Gasteiger partial charge >= 0.3 is 0 Å². The van der Waals surface area contributed by atoms with E-state index in [2.05, 4.69) is 0 Å². The van der Waals surface area contributed by atoms with Crippen LogP contribution in [-0.4, -0.2) is 11.2 Å². The van der Waals surface area contributed by atoms with Gasteiger partial charge in [0.15, 0.2) is 0 Å². The molecule has 14 heavy (non-hydrogen) atoms. The lowest BCUT2D eigenvalue weighted by molar-refractivity contribution is 0.132. The Kier molecular flexibility index (Phi) is 3.09. The van der Waals surface area contributed by atoms with Crippen molar-refractivity contribution in [3.8, 4) is 0 Å². The number of hydrogen-bond acceptors (Lipinski definition) is 1. The molecule has 1 saturated carbocycles. The number of aliphatic hydroxyl groups is 1. The topological polar surface area (TPSA) is 20.2 Å². The summed E-state index contributed by atoms with van der Waals surface area (Å²) in [5.41, 5.74) is 1.28. The van der Waals surface area contributed by atoms with E-state index in [4.69, 9.17) is 11.6 Å². The Bertz CT molecular complexity index is 294. The SMILES string of the molecule is O[C@H]1CCC[C@H]1Cc1ccc(Cl)cc1. The van der Waals surface area contributed by atoms with Crippen LogP contribution in [0.5, 0.6) is 0 Å². The highest BCUT2D eigenvalue weighted by atomic mass is 35.5. The Morgan fingerprint density at radius 1 is 1.21 bits per heavy atom. The van der Waals surface area contributed by atoms with Crippen molar-refractivity contribution in [2.75, 3.05) is 0 Å². The summed E-state index contributed by atoms with van der Waals surface area (Å²) in [5, 5.41) is 10.5. The first-order valence-electron chi connectivity index (χ1n) is 5.18. The minimum absolute atomic E-state index is 0.0920. The van der Waals surface area contributed by atoms with Crippen molar-refractivity contribution in [3.05, 3.63) is 34.9 Å². The molecule has 1 aliphatic rings. The summed E-state index contributed by atoms with van der Waals surface area (Å²) in [7, 11) is 0. The molecule has 0 aliphatic heterocycles. The fourth-order valence-corrected chi connectivity index (χ4v) is 2.30. The molecule has 0 amide bonds. The summed E-state index contributed by atoms with van der Waals surface area (Å²) < 4.78 is 0. The van der Waals surface area contributed by atoms with Crippen LogP contribution in [0, 0.1) is 5.92 Å². The molecule has 2 atom stereocenters. The molecule has 1 fully saturated rings. The van der Waals surface area contributed by atoms with E-state index in [1.807, 2.05) is 24.3 Å². The van der Waals surface area contributed by atoms with Crippen LogP contribution in [0.3, 0.4) is 0 Å². The molecule has 0 bridgehead atoms. The fraction of sp³-hybridized carbons (Fsp3) is 0.500. The zero-order valence-electron chi connectivity index (χ0n) is 8.12. The van der Waals surface area contributed by atoms with E-state index in [0.29, 0.717) is 5.92 Å². The minimum Gasteiger partial charge on any atom is -0.393 e. The quantitative estimate of drug-likeness (QED) is 0.796. The lowest BCUT2D eigenvalue weighted by Gasteiger charge is -2.13. The smallest absolute Gasteiger partial charge is 0.0571 e. The number of benzene rings is 1. The molecule has 0 unspecified atom stereocenters. The largest absolute Gasteiger partial charge is 0.393 e. The van der Waals surface area contributed by atoms with Crippen LogP contribution < -0.4 is 0 Å². The van der Waals surface area contributed by atoms with Gasteiger partial charge < -0.3 is 5.11 Å². The molecule has 0 radical (unpaired) electrons. The number of rotatable bonds is 2. The van der Waals surface area contributed by atoms with E-state index >= 15 is 0 Å². The first-order chi connectivity index (χ1) is 6.75.